The number of hydrogen-bond acceptors (Lipinski definition) is 6. The molecule has 32 heavy (non-hydrogen) atoms. The molecular formula is C22H15FN8O. The van der Waals surface area contributed by atoms with E-state index in [-0.39, 0.29) is 0 Å². The maximum absolute atomic E-state index is 14.1. The smallest absolute Gasteiger partial charge is 0.159 e. The van der Waals surface area contributed by atoms with E-state index in [9.17, 15) is 4.39 Å². The Morgan fingerprint density at radius 1 is 0.969 bits per heavy atom. The molecule has 6 aromatic rings. The van der Waals surface area contributed by atoms with E-state index in [1.807, 2.05) is 12.1 Å². The predicted molar refractivity (Wildman–Crippen MR) is 116 cm³/mol. The van der Waals surface area contributed by atoms with E-state index in [4.69, 9.17) is 9.72 Å². The minimum absolute atomic E-state index is 0.408. The van der Waals surface area contributed by atoms with Crippen LogP contribution < -0.4 is 4.74 Å². The number of rotatable bonds is 4. The van der Waals surface area contributed by atoms with Crippen LogP contribution in [0, 0.1) is 5.82 Å². The Bertz CT molecular complexity index is 1580. The fraction of sp³-hybridized carbons (Fsp3) is 0.0455. The van der Waals surface area contributed by atoms with Gasteiger partial charge in [-0.05, 0) is 24.3 Å². The number of nitrogens with one attached hydrogen (secondary N) is 3. The molecule has 0 spiro atoms. The first kappa shape index (κ1) is 18.2. The van der Waals surface area contributed by atoms with Gasteiger partial charge in [-0.25, -0.2) is 14.4 Å². The molecule has 0 aliphatic rings. The molecule has 1 aromatic carbocycles. The maximum Gasteiger partial charge on any atom is 0.159 e. The van der Waals surface area contributed by atoms with Crippen LogP contribution in [-0.2, 0) is 0 Å². The van der Waals surface area contributed by atoms with Gasteiger partial charge in [-0.3, -0.25) is 15.2 Å². The Morgan fingerprint density at radius 3 is 2.75 bits per heavy atom. The third kappa shape index (κ3) is 2.88. The number of pyridine rings is 2. The standard InChI is InChI=1S/C22H15FN8O/c1-32-15-5-11(4-14(23)7-15)18-20-17(2-3-24-18)28-22(29-20)19-16-6-12(13-9-26-27-10-13)8-25-21(16)31-30-19/h2-10H,1H3,(H,26,27)(H,28,29)(H,25,30,31). The van der Waals surface area contributed by atoms with E-state index in [1.165, 1.54) is 19.2 Å². The Morgan fingerprint density at radius 2 is 1.91 bits per heavy atom. The van der Waals surface area contributed by atoms with Gasteiger partial charge in [0.05, 0.1) is 29.9 Å². The summed E-state index contributed by atoms with van der Waals surface area (Å²) in [4.78, 5) is 16.9. The molecule has 0 radical (unpaired) electrons. The van der Waals surface area contributed by atoms with Crippen molar-refractivity contribution < 1.29 is 9.13 Å². The molecule has 9 nitrogen and oxygen atoms in total. The Labute approximate surface area is 179 Å². The first-order valence-corrected chi connectivity index (χ1v) is 9.73. The lowest BCUT2D eigenvalue weighted by Gasteiger charge is -2.05. The van der Waals surface area contributed by atoms with Gasteiger partial charge in [0.15, 0.2) is 11.5 Å². The van der Waals surface area contributed by atoms with E-state index in [2.05, 4.69) is 35.3 Å². The van der Waals surface area contributed by atoms with Crippen molar-refractivity contribution in [1.82, 2.24) is 40.3 Å². The third-order valence-electron chi connectivity index (χ3n) is 5.25. The van der Waals surface area contributed by atoms with Gasteiger partial charge in [-0.2, -0.15) is 10.2 Å². The van der Waals surface area contributed by atoms with E-state index < -0.39 is 5.82 Å². The van der Waals surface area contributed by atoms with Crippen molar-refractivity contribution in [2.75, 3.05) is 7.11 Å². The lowest BCUT2D eigenvalue weighted by Crippen LogP contribution is -1.90. The second kappa shape index (κ2) is 6.98. The summed E-state index contributed by atoms with van der Waals surface area (Å²) in [5, 5.41) is 15.0. The summed E-state index contributed by atoms with van der Waals surface area (Å²) in [6.45, 7) is 0. The van der Waals surface area contributed by atoms with Gasteiger partial charge in [0, 0.05) is 41.3 Å². The first-order chi connectivity index (χ1) is 15.7. The molecule has 0 aliphatic heterocycles. The lowest BCUT2D eigenvalue weighted by molar-refractivity contribution is 0.411. The van der Waals surface area contributed by atoms with Crippen LogP contribution >= 0.6 is 0 Å². The van der Waals surface area contributed by atoms with Crippen molar-refractivity contribution >= 4 is 22.1 Å². The van der Waals surface area contributed by atoms with Crippen LogP contribution in [-0.4, -0.2) is 47.4 Å². The number of H-pyrrole nitrogens is 3. The van der Waals surface area contributed by atoms with Crippen molar-refractivity contribution in [3.05, 3.63) is 60.9 Å². The monoisotopic (exact) mass is 426 g/mol. The van der Waals surface area contributed by atoms with Gasteiger partial charge >= 0.3 is 0 Å². The summed E-state index contributed by atoms with van der Waals surface area (Å²) in [6.07, 6.45) is 6.94. The minimum atomic E-state index is -0.412. The molecule has 0 aliphatic carbocycles. The van der Waals surface area contributed by atoms with Crippen LogP contribution in [0.15, 0.2) is 55.1 Å². The summed E-state index contributed by atoms with van der Waals surface area (Å²) in [5.41, 5.74) is 5.55. The van der Waals surface area contributed by atoms with E-state index in [0.29, 0.717) is 39.7 Å². The van der Waals surface area contributed by atoms with Crippen LogP contribution in [0.2, 0.25) is 0 Å². The number of methoxy groups -OCH3 is 1. The highest BCUT2D eigenvalue weighted by Crippen LogP contribution is 2.32. The maximum atomic E-state index is 14.1. The summed E-state index contributed by atoms with van der Waals surface area (Å²) in [7, 11) is 1.49. The fourth-order valence-corrected chi connectivity index (χ4v) is 3.73. The Kier molecular flexibility index (Phi) is 3.97. The number of benzene rings is 1. The van der Waals surface area contributed by atoms with Crippen molar-refractivity contribution in [3.8, 4) is 39.7 Å². The lowest BCUT2D eigenvalue weighted by atomic mass is 10.1. The molecule has 5 aromatic heterocycles. The second-order valence-corrected chi connectivity index (χ2v) is 7.20. The third-order valence-corrected chi connectivity index (χ3v) is 5.25. The van der Waals surface area contributed by atoms with Crippen LogP contribution in [0.3, 0.4) is 0 Å². The van der Waals surface area contributed by atoms with Gasteiger partial charge in [0.1, 0.15) is 22.8 Å². The molecule has 0 saturated heterocycles. The van der Waals surface area contributed by atoms with Gasteiger partial charge in [0.25, 0.3) is 0 Å². The Hall–Kier alpha value is -4.60. The second-order valence-electron chi connectivity index (χ2n) is 7.20. The number of aromatic nitrogens is 8. The predicted octanol–water partition coefficient (Wildman–Crippen LogP) is 4.10. The molecule has 10 heteroatoms. The molecule has 5 heterocycles. The van der Waals surface area contributed by atoms with Crippen molar-refractivity contribution in [2.45, 2.75) is 0 Å². The van der Waals surface area contributed by atoms with Gasteiger partial charge < -0.3 is 9.72 Å². The highest BCUT2D eigenvalue weighted by molar-refractivity contribution is 5.96. The molecule has 0 fully saturated rings. The minimum Gasteiger partial charge on any atom is -0.497 e. The molecule has 0 saturated carbocycles. The topological polar surface area (TPSA) is 121 Å². The van der Waals surface area contributed by atoms with E-state index >= 15 is 0 Å². The molecule has 0 bridgehead atoms. The van der Waals surface area contributed by atoms with Crippen molar-refractivity contribution in [1.29, 1.82) is 0 Å². The largest absolute Gasteiger partial charge is 0.497 e. The number of nitrogens with zero attached hydrogens (tertiary/aromatic N) is 5. The number of aromatic amines is 3. The summed E-state index contributed by atoms with van der Waals surface area (Å²) in [5.74, 6) is 0.547. The van der Waals surface area contributed by atoms with Crippen molar-refractivity contribution in [3.63, 3.8) is 0 Å². The average Bonchev–Trinajstić information content (AvgIpc) is 3.56. The van der Waals surface area contributed by atoms with Crippen LogP contribution in [0.25, 0.3) is 56.0 Å². The van der Waals surface area contributed by atoms with Crippen LogP contribution in [0.5, 0.6) is 5.75 Å². The number of hydrogen-bond donors (Lipinski definition) is 3. The summed E-state index contributed by atoms with van der Waals surface area (Å²) < 4.78 is 19.3. The molecule has 3 N–H and O–H groups in total. The van der Waals surface area contributed by atoms with Gasteiger partial charge in [-0.15, -0.1) is 0 Å². The molecule has 6 rings (SSSR count). The van der Waals surface area contributed by atoms with Crippen LogP contribution in [0.4, 0.5) is 4.39 Å². The SMILES string of the molecule is COc1cc(F)cc(-c2nccc3[nH]c(-c4n[nH]c5ncc(-c6cn[nH]c6)cc45)nc23)c1. The summed E-state index contributed by atoms with van der Waals surface area (Å²) >= 11 is 0. The van der Waals surface area contributed by atoms with Crippen molar-refractivity contribution in [2.24, 2.45) is 0 Å². The average molecular weight is 426 g/mol. The zero-order valence-corrected chi connectivity index (χ0v) is 16.7. The van der Waals surface area contributed by atoms with Gasteiger partial charge in [-0.1, -0.05) is 0 Å². The highest BCUT2D eigenvalue weighted by atomic mass is 19.1. The highest BCUT2D eigenvalue weighted by Gasteiger charge is 2.17. The quantitative estimate of drug-likeness (QED) is 0.390. The van der Waals surface area contributed by atoms with E-state index in [1.54, 1.807) is 30.9 Å². The normalized spacial score (nSPS) is 11.4. The van der Waals surface area contributed by atoms with E-state index in [0.717, 1.165) is 22.0 Å². The molecule has 0 amide bonds. The molecular weight excluding hydrogens is 411 g/mol. The molecule has 156 valence electrons. The number of halogens is 1. The summed E-state index contributed by atoms with van der Waals surface area (Å²) in [6, 6.07) is 8.25. The Balaban J connectivity index is 1.51. The first-order valence-electron chi connectivity index (χ1n) is 9.73. The van der Waals surface area contributed by atoms with Gasteiger partial charge in [0.2, 0.25) is 0 Å². The number of imidazole rings is 1. The molecule has 0 atom stereocenters. The number of fused-ring (bicyclic) bond motifs is 2. The molecule has 0 unspecified atom stereocenters. The van der Waals surface area contributed by atoms with Crippen LogP contribution in [0.1, 0.15) is 0 Å². The number of ether oxygens (including phenoxy) is 1. The zero-order valence-electron chi connectivity index (χ0n) is 16.7. The zero-order chi connectivity index (χ0) is 21.7. The fourth-order valence-electron chi connectivity index (χ4n) is 3.73.